The van der Waals surface area contributed by atoms with Crippen LogP contribution >= 0.6 is 0 Å². The van der Waals surface area contributed by atoms with Crippen molar-refractivity contribution in [1.82, 2.24) is 5.32 Å². The molecule has 0 radical (unpaired) electrons. The fourth-order valence-electron chi connectivity index (χ4n) is 11.6. The van der Waals surface area contributed by atoms with Crippen LogP contribution < -0.4 is 5.32 Å². The number of rotatable bonds is 68. The Hall–Kier alpha value is -1.40. The number of ether oxygens (including phenoxy) is 1. The van der Waals surface area contributed by atoms with Crippen molar-refractivity contribution in [3.05, 3.63) is 12.2 Å². The van der Waals surface area contributed by atoms with E-state index in [4.69, 9.17) is 4.74 Å². The monoisotopic (exact) mass is 1100 g/mol. The van der Waals surface area contributed by atoms with Gasteiger partial charge in [-0.1, -0.05) is 379 Å². The lowest BCUT2D eigenvalue weighted by Crippen LogP contribution is -2.45. The molecule has 6 heteroatoms. The number of aliphatic hydroxyl groups excluding tert-OH is 2. The van der Waals surface area contributed by atoms with Crippen LogP contribution in [0.15, 0.2) is 12.2 Å². The minimum Gasteiger partial charge on any atom is -0.466 e. The van der Waals surface area contributed by atoms with Gasteiger partial charge in [0.25, 0.3) is 0 Å². The van der Waals surface area contributed by atoms with Gasteiger partial charge in [0.05, 0.1) is 25.4 Å². The van der Waals surface area contributed by atoms with Crippen LogP contribution in [-0.2, 0) is 14.3 Å². The fraction of sp³-hybridized carbons (Fsp3) is 0.944. The first-order valence-electron chi connectivity index (χ1n) is 36.0. The molecule has 0 spiro atoms. The van der Waals surface area contributed by atoms with E-state index in [1.807, 2.05) is 6.08 Å². The average molecular weight is 1100 g/mol. The maximum absolute atomic E-state index is 12.5. The highest BCUT2D eigenvalue weighted by Crippen LogP contribution is 2.19. The second-order valence-corrected chi connectivity index (χ2v) is 24.9. The highest BCUT2D eigenvalue weighted by atomic mass is 16.5. The van der Waals surface area contributed by atoms with Crippen molar-refractivity contribution < 1.29 is 24.5 Å². The zero-order valence-electron chi connectivity index (χ0n) is 53.2. The molecule has 0 aliphatic rings. The lowest BCUT2D eigenvalue weighted by atomic mass is 10.0. The van der Waals surface area contributed by atoms with E-state index in [1.165, 1.54) is 347 Å². The van der Waals surface area contributed by atoms with Gasteiger partial charge in [-0.25, -0.2) is 0 Å². The molecule has 0 bridgehead atoms. The second kappa shape index (κ2) is 68.1. The molecule has 0 aromatic rings. The summed E-state index contributed by atoms with van der Waals surface area (Å²) in [6.07, 6.45) is 84.4. The fourth-order valence-corrected chi connectivity index (χ4v) is 11.6. The van der Waals surface area contributed by atoms with E-state index < -0.39 is 12.1 Å². The van der Waals surface area contributed by atoms with Crippen molar-refractivity contribution in [3.8, 4) is 0 Å². The molecule has 0 rings (SSSR count). The SMILES string of the molecule is CCCCCCCCCCCCCCCC/C=C/C(O)C(CO)NC(=O)CCCCCCCCCCCCCCCCCCCCCCCCCCCCCCCCOC(=O)CCCCCCCCCCCCCCCCC. The minimum atomic E-state index is -0.841. The van der Waals surface area contributed by atoms with Crippen LogP contribution in [0.3, 0.4) is 0 Å². The third-order valence-corrected chi connectivity index (χ3v) is 17.1. The van der Waals surface area contributed by atoms with Crippen molar-refractivity contribution >= 4 is 11.9 Å². The molecule has 0 aliphatic carbocycles. The zero-order valence-corrected chi connectivity index (χ0v) is 53.2. The first-order valence-corrected chi connectivity index (χ1v) is 36.0. The summed E-state index contributed by atoms with van der Waals surface area (Å²) in [4.78, 5) is 24.6. The molecule has 0 fully saturated rings. The molecule has 0 saturated heterocycles. The van der Waals surface area contributed by atoms with Crippen LogP contribution in [0.1, 0.15) is 412 Å². The molecule has 2 unspecified atom stereocenters. The van der Waals surface area contributed by atoms with Crippen LogP contribution in [0.5, 0.6) is 0 Å². The van der Waals surface area contributed by atoms with E-state index >= 15 is 0 Å². The van der Waals surface area contributed by atoms with Gasteiger partial charge in [-0.15, -0.1) is 0 Å². The quantitative estimate of drug-likeness (QED) is 0.0320. The van der Waals surface area contributed by atoms with Crippen LogP contribution in [0.4, 0.5) is 0 Å². The molecule has 0 aromatic carbocycles. The van der Waals surface area contributed by atoms with Crippen molar-refractivity contribution in [3.63, 3.8) is 0 Å². The number of esters is 1. The van der Waals surface area contributed by atoms with E-state index in [9.17, 15) is 19.8 Å². The van der Waals surface area contributed by atoms with Gasteiger partial charge < -0.3 is 20.3 Å². The number of unbranched alkanes of at least 4 members (excludes halogenated alkanes) is 57. The van der Waals surface area contributed by atoms with Gasteiger partial charge in [-0.05, 0) is 32.1 Å². The average Bonchev–Trinajstić information content (AvgIpc) is 3.44. The molecule has 1 amide bonds. The summed E-state index contributed by atoms with van der Waals surface area (Å²) in [6.45, 7) is 4.95. The van der Waals surface area contributed by atoms with Crippen LogP contribution in [0.2, 0.25) is 0 Å². The predicted molar refractivity (Wildman–Crippen MR) is 343 cm³/mol. The Morgan fingerprint density at radius 3 is 0.872 bits per heavy atom. The first-order chi connectivity index (χ1) is 38.5. The topological polar surface area (TPSA) is 95.9 Å². The summed E-state index contributed by atoms with van der Waals surface area (Å²) >= 11 is 0. The number of amides is 1. The Morgan fingerprint density at radius 1 is 0.346 bits per heavy atom. The smallest absolute Gasteiger partial charge is 0.305 e. The number of hydrogen-bond donors (Lipinski definition) is 3. The van der Waals surface area contributed by atoms with Gasteiger partial charge in [0.2, 0.25) is 5.91 Å². The maximum atomic E-state index is 12.5. The summed E-state index contributed by atoms with van der Waals surface area (Å²) < 4.78 is 5.50. The molecule has 0 saturated carbocycles. The molecule has 6 nitrogen and oxygen atoms in total. The maximum Gasteiger partial charge on any atom is 0.305 e. The second-order valence-electron chi connectivity index (χ2n) is 24.9. The van der Waals surface area contributed by atoms with E-state index in [-0.39, 0.29) is 18.5 Å². The highest BCUT2D eigenvalue weighted by molar-refractivity contribution is 5.76. The third kappa shape index (κ3) is 63.8. The lowest BCUT2D eigenvalue weighted by Gasteiger charge is -2.20. The Morgan fingerprint density at radius 2 is 0.590 bits per heavy atom. The minimum absolute atomic E-state index is 0.0236. The summed E-state index contributed by atoms with van der Waals surface area (Å²) in [5.41, 5.74) is 0. The van der Waals surface area contributed by atoms with E-state index in [2.05, 4.69) is 19.2 Å². The molecular formula is C72H141NO5. The largest absolute Gasteiger partial charge is 0.466 e. The molecule has 78 heavy (non-hydrogen) atoms. The molecule has 0 heterocycles. The first kappa shape index (κ1) is 76.6. The van der Waals surface area contributed by atoms with Gasteiger partial charge in [0.1, 0.15) is 0 Å². The Kier molecular flexibility index (Phi) is 66.9. The predicted octanol–water partition coefficient (Wildman–Crippen LogP) is 23.1. The number of aliphatic hydroxyl groups is 2. The van der Waals surface area contributed by atoms with Crippen LogP contribution in [0, 0.1) is 0 Å². The molecule has 2 atom stereocenters. The van der Waals surface area contributed by atoms with Gasteiger partial charge >= 0.3 is 5.97 Å². The van der Waals surface area contributed by atoms with Crippen molar-refractivity contribution in [2.75, 3.05) is 13.2 Å². The van der Waals surface area contributed by atoms with Crippen molar-refractivity contribution in [2.45, 2.75) is 424 Å². The van der Waals surface area contributed by atoms with Crippen LogP contribution in [0.25, 0.3) is 0 Å². The normalized spacial score (nSPS) is 12.5. The zero-order chi connectivity index (χ0) is 56.4. The summed E-state index contributed by atoms with van der Waals surface area (Å²) in [7, 11) is 0. The number of carbonyl (C=O) groups is 2. The molecular weight excluding hydrogens is 959 g/mol. The van der Waals surface area contributed by atoms with Gasteiger partial charge in [0.15, 0.2) is 0 Å². The number of carbonyl (C=O) groups excluding carboxylic acids is 2. The van der Waals surface area contributed by atoms with Crippen molar-refractivity contribution in [2.24, 2.45) is 0 Å². The lowest BCUT2D eigenvalue weighted by molar-refractivity contribution is -0.143. The number of hydrogen-bond acceptors (Lipinski definition) is 5. The van der Waals surface area contributed by atoms with Crippen molar-refractivity contribution in [1.29, 1.82) is 0 Å². The Labute approximate surface area is 489 Å². The van der Waals surface area contributed by atoms with E-state index in [1.54, 1.807) is 6.08 Å². The molecule has 3 N–H and O–H groups in total. The Bertz CT molecular complexity index is 1180. The molecule has 0 aromatic heterocycles. The number of nitrogens with one attached hydrogen (secondary N) is 1. The van der Waals surface area contributed by atoms with E-state index in [0.717, 1.165) is 38.5 Å². The number of allylic oxidation sites excluding steroid dienone is 1. The third-order valence-electron chi connectivity index (χ3n) is 17.1. The van der Waals surface area contributed by atoms with Gasteiger partial charge in [-0.3, -0.25) is 9.59 Å². The molecule has 0 aliphatic heterocycles. The summed E-state index contributed by atoms with van der Waals surface area (Å²) in [5.74, 6) is -0.0370. The van der Waals surface area contributed by atoms with E-state index in [0.29, 0.717) is 19.4 Å². The summed E-state index contributed by atoms with van der Waals surface area (Å²) in [6, 6.07) is -0.624. The Balaban J connectivity index is 3.33. The molecule has 464 valence electrons. The van der Waals surface area contributed by atoms with Gasteiger partial charge in [0, 0.05) is 12.8 Å². The highest BCUT2D eigenvalue weighted by Gasteiger charge is 2.18. The van der Waals surface area contributed by atoms with Crippen LogP contribution in [-0.4, -0.2) is 47.4 Å². The standard InChI is InChI=1S/C72H141NO5/c1-3-5-7-9-11-13-15-17-19-37-40-44-48-52-56-60-64-70(75)69(68-74)73-71(76)65-61-57-53-49-45-41-38-34-32-30-28-26-24-22-20-21-23-25-27-29-31-33-35-39-43-47-51-55-59-63-67-78-72(77)66-62-58-54-50-46-42-36-18-16-14-12-10-8-6-4-2/h60,64,69-70,74-75H,3-59,61-63,65-68H2,1-2H3,(H,73,76)/b64-60+. The van der Waals surface area contributed by atoms with Gasteiger partial charge in [-0.2, -0.15) is 0 Å². The summed E-state index contributed by atoms with van der Waals surface area (Å²) in [5, 5.41) is 23.2.